The number of alkyl halides is 1. The number of hydrogen-bond donors (Lipinski definition) is 0. The normalized spacial score (nSPS) is 8.56. The molecule has 9 heavy (non-hydrogen) atoms. The van der Waals surface area contributed by atoms with Crippen LogP contribution in [0, 0.1) is 0 Å². The topological polar surface area (TPSA) is 58.0 Å². The Morgan fingerprint density at radius 1 is 1.56 bits per heavy atom. The van der Waals surface area contributed by atoms with Crippen molar-refractivity contribution in [3.8, 4) is 0 Å². The van der Waals surface area contributed by atoms with Gasteiger partial charge in [0.25, 0.3) is 0 Å². The van der Waals surface area contributed by atoms with Gasteiger partial charge < -0.3 is 4.74 Å². The Balaban J connectivity index is 2.82. The Hall–Kier alpha value is -0.800. The molecule has 0 aliphatic heterocycles. The van der Waals surface area contributed by atoms with Crippen LogP contribution in [0.3, 0.4) is 0 Å². The van der Waals surface area contributed by atoms with Gasteiger partial charge >= 0.3 is 0 Å². The van der Waals surface area contributed by atoms with Gasteiger partial charge in [-0.25, -0.2) is 4.39 Å². The Kier molecular flexibility index (Phi) is 6.56. The summed E-state index contributed by atoms with van der Waals surface area (Å²) >= 11 is 0. The molecule has 0 aromatic carbocycles. The van der Waals surface area contributed by atoms with Crippen molar-refractivity contribution in [1.29, 1.82) is 0 Å². The third-order valence-electron chi connectivity index (χ3n) is 0.620. The molecule has 0 N–H and O–H groups in total. The monoisotopic (exact) mass is 132 g/mol. The summed E-state index contributed by atoms with van der Waals surface area (Å²) in [6.45, 7) is 0.168. The van der Waals surface area contributed by atoms with E-state index >= 15 is 0 Å². The SMILES string of the molecule is [N-]=[N+]=NCCOCC[18F]. The second-order valence-corrected chi connectivity index (χ2v) is 1.26. The van der Waals surface area contributed by atoms with Crippen LogP contribution in [-0.4, -0.2) is 26.4 Å². The van der Waals surface area contributed by atoms with Gasteiger partial charge in [0.15, 0.2) is 0 Å². The zero-order valence-electron chi connectivity index (χ0n) is 4.96. The van der Waals surface area contributed by atoms with Gasteiger partial charge in [0.2, 0.25) is 0 Å². The standard InChI is InChI=1S/C4H8FN3O/c5-1-3-9-4-2-7-8-6/h1-4H2/i5-1. The summed E-state index contributed by atoms with van der Waals surface area (Å²) in [7, 11) is 0. The number of azide groups is 1. The van der Waals surface area contributed by atoms with E-state index in [0.717, 1.165) is 0 Å². The van der Waals surface area contributed by atoms with E-state index in [1.807, 2.05) is 0 Å². The van der Waals surface area contributed by atoms with Crippen molar-refractivity contribution in [1.82, 2.24) is 0 Å². The second-order valence-electron chi connectivity index (χ2n) is 1.26. The fourth-order valence-electron chi connectivity index (χ4n) is 0.307. The van der Waals surface area contributed by atoms with Gasteiger partial charge in [-0.2, -0.15) is 0 Å². The summed E-state index contributed by atoms with van der Waals surface area (Å²) in [4.78, 5) is 2.48. The molecule has 0 fully saturated rings. The van der Waals surface area contributed by atoms with Gasteiger partial charge in [-0.3, -0.25) is 0 Å². The van der Waals surface area contributed by atoms with E-state index in [1.54, 1.807) is 0 Å². The van der Waals surface area contributed by atoms with E-state index in [4.69, 9.17) is 5.53 Å². The first-order valence-electron chi connectivity index (χ1n) is 2.56. The smallest absolute Gasteiger partial charge is 0.113 e. The molecule has 0 bridgehead atoms. The highest BCUT2D eigenvalue weighted by Gasteiger charge is 1.82. The lowest BCUT2D eigenvalue weighted by molar-refractivity contribution is 0.126. The minimum absolute atomic E-state index is 0.0843. The predicted molar refractivity (Wildman–Crippen MR) is 30.8 cm³/mol. The van der Waals surface area contributed by atoms with E-state index in [1.165, 1.54) is 0 Å². The first kappa shape index (κ1) is 8.20. The molecule has 4 nitrogen and oxygen atoms in total. The van der Waals surface area contributed by atoms with Gasteiger partial charge in [0.05, 0.1) is 13.2 Å². The molecule has 0 aromatic rings. The zero-order valence-corrected chi connectivity index (χ0v) is 4.96. The maximum absolute atomic E-state index is 11.3. The van der Waals surface area contributed by atoms with Crippen molar-refractivity contribution < 1.29 is 9.13 Å². The van der Waals surface area contributed by atoms with E-state index in [9.17, 15) is 4.39 Å². The Labute approximate surface area is 52.2 Å². The highest BCUT2D eigenvalue weighted by Crippen LogP contribution is 1.77. The molecule has 0 aliphatic carbocycles. The quantitative estimate of drug-likeness (QED) is 0.240. The summed E-state index contributed by atoms with van der Waals surface area (Å²) in [5.74, 6) is 0. The maximum Gasteiger partial charge on any atom is 0.113 e. The van der Waals surface area contributed by atoms with Crippen LogP contribution in [0.4, 0.5) is 4.39 Å². The average molecular weight is 132 g/mol. The number of halogens is 1. The Bertz CT molecular complexity index is 102. The van der Waals surface area contributed by atoms with Gasteiger partial charge in [0.1, 0.15) is 6.67 Å². The predicted octanol–water partition coefficient (Wildman–Crippen LogP) is 1.28. The van der Waals surface area contributed by atoms with Crippen LogP contribution in [0.1, 0.15) is 0 Å². The fourth-order valence-corrected chi connectivity index (χ4v) is 0.307. The lowest BCUT2D eigenvalue weighted by Gasteiger charge is -1.94. The summed E-state index contributed by atoms with van der Waals surface area (Å²) in [6, 6.07) is 0. The number of nitrogens with zero attached hydrogens (tertiary/aromatic N) is 3. The fraction of sp³-hybridized carbons (Fsp3) is 1.00. The summed E-state index contributed by atoms with van der Waals surface area (Å²) < 4.78 is 15.9. The average Bonchev–Trinajstić information content (AvgIpc) is 1.89. The van der Waals surface area contributed by atoms with Crippen molar-refractivity contribution in [2.75, 3.05) is 26.4 Å². The van der Waals surface area contributed by atoms with Crippen molar-refractivity contribution in [2.45, 2.75) is 0 Å². The highest BCUT2D eigenvalue weighted by atomic mass is 18.2. The molecule has 0 rings (SSSR count). The number of rotatable bonds is 5. The van der Waals surface area contributed by atoms with Crippen molar-refractivity contribution in [3.05, 3.63) is 10.4 Å². The molecule has 0 saturated carbocycles. The van der Waals surface area contributed by atoms with E-state index in [2.05, 4.69) is 14.8 Å². The van der Waals surface area contributed by atoms with Crippen LogP contribution < -0.4 is 0 Å². The van der Waals surface area contributed by atoms with Crippen LogP contribution in [0.15, 0.2) is 5.11 Å². The molecule has 52 valence electrons. The molecule has 0 saturated heterocycles. The molecule has 0 atom stereocenters. The largest absolute Gasteiger partial charge is 0.379 e. The molecule has 5 heteroatoms. The first-order chi connectivity index (χ1) is 4.41. The molecule has 0 spiro atoms. The van der Waals surface area contributed by atoms with E-state index in [0.29, 0.717) is 6.61 Å². The minimum atomic E-state index is -0.490. The summed E-state index contributed by atoms with van der Waals surface area (Å²) in [6.07, 6.45) is 0. The third-order valence-corrected chi connectivity index (χ3v) is 0.620. The molecular formula is C4H8FN3O. The molecule has 0 amide bonds. The van der Waals surface area contributed by atoms with E-state index in [-0.39, 0.29) is 13.2 Å². The molecule has 0 aromatic heterocycles. The lowest BCUT2D eigenvalue weighted by Crippen LogP contribution is -2.00. The summed E-state index contributed by atoms with van der Waals surface area (Å²) in [5, 5.41) is 3.18. The number of ether oxygens (including phenoxy) is 1. The van der Waals surface area contributed by atoms with Crippen LogP contribution >= 0.6 is 0 Å². The minimum Gasteiger partial charge on any atom is -0.379 e. The Morgan fingerprint density at radius 2 is 2.33 bits per heavy atom. The third kappa shape index (κ3) is 7.20. The van der Waals surface area contributed by atoms with E-state index < -0.39 is 6.67 Å². The van der Waals surface area contributed by atoms with Gasteiger partial charge in [-0.1, -0.05) is 5.11 Å². The highest BCUT2D eigenvalue weighted by molar-refractivity contribution is 4.43. The van der Waals surface area contributed by atoms with Crippen molar-refractivity contribution >= 4 is 0 Å². The van der Waals surface area contributed by atoms with Gasteiger partial charge in [0, 0.05) is 11.5 Å². The van der Waals surface area contributed by atoms with Crippen LogP contribution in [0.5, 0.6) is 0 Å². The first-order valence-corrected chi connectivity index (χ1v) is 2.56. The molecule has 0 unspecified atom stereocenters. The second kappa shape index (κ2) is 7.20. The maximum atomic E-state index is 11.3. The summed E-state index contributed by atoms with van der Waals surface area (Å²) in [5.41, 5.74) is 7.75. The molecular weight excluding hydrogens is 124 g/mol. The zero-order chi connectivity index (χ0) is 6.95. The van der Waals surface area contributed by atoms with Crippen LogP contribution in [-0.2, 0) is 4.74 Å². The van der Waals surface area contributed by atoms with Crippen molar-refractivity contribution in [2.24, 2.45) is 5.11 Å². The lowest BCUT2D eigenvalue weighted by atomic mass is 10.7. The van der Waals surface area contributed by atoms with Gasteiger partial charge in [-0.15, -0.1) is 0 Å². The molecule has 0 heterocycles. The molecule has 0 radical (unpaired) electrons. The number of hydrogen-bond acceptors (Lipinski definition) is 2. The van der Waals surface area contributed by atoms with Gasteiger partial charge in [-0.05, 0) is 5.53 Å². The van der Waals surface area contributed by atoms with Crippen molar-refractivity contribution in [3.63, 3.8) is 0 Å². The van der Waals surface area contributed by atoms with Crippen LogP contribution in [0.2, 0.25) is 0 Å². The van der Waals surface area contributed by atoms with Crippen LogP contribution in [0.25, 0.3) is 10.4 Å². The Morgan fingerprint density at radius 3 is 2.89 bits per heavy atom. The molecule has 0 aliphatic rings.